The molecular weight excluding hydrogens is 518 g/mol. The molecule has 3 heterocycles. The molecule has 0 bridgehead atoms. The lowest BCUT2D eigenvalue weighted by molar-refractivity contribution is -0.237. The van der Waals surface area contributed by atoms with E-state index in [2.05, 4.69) is 10.3 Å². The number of benzene rings is 1. The number of rotatable bonds is 8. The first-order chi connectivity index (χ1) is 17.9. The number of thiophene rings is 1. The minimum Gasteiger partial charge on any atom is -0.436 e. The van der Waals surface area contributed by atoms with E-state index in [0.29, 0.717) is 17.1 Å². The molecule has 0 unspecified atom stereocenters. The first-order valence-electron chi connectivity index (χ1n) is 12.4. The van der Waals surface area contributed by atoms with Gasteiger partial charge in [-0.25, -0.2) is 4.79 Å². The second-order valence-corrected chi connectivity index (χ2v) is 11.4. The van der Waals surface area contributed by atoms with Crippen LogP contribution < -0.4 is 5.32 Å². The Kier molecular flexibility index (Phi) is 8.13. The number of ether oxygens (including phenoxy) is 1. The number of alkyl halides is 3. The van der Waals surface area contributed by atoms with E-state index in [1.807, 2.05) is 37.8 Å². The highest BCUT2D eigenvalue weighted by Gasteiger charge is 2.59. The molecule has 0 aliphatic carbocycles. The molecule has 38 heavy (non-hydrogen) atoms. The number of halogens is 4. The quantitative estimate of drug-likeness (QED) is 0.299. The first kappa shape index (κ1) is 28.0. The Bertz CT molecular complexity index is 1230. The van der Waals surface area contributed by atoms with Crippen LogP contribution in [0.1, 0.15) is 42.8 Å². The number of aromatic nitrogens is 1. The summed E-state index contributed by atoms with van der Waals surface area (Å²) in [5, 5.41) is 2.02. The third kappa shape index (κ3) is 6.35. The van der Waals surface area contributed by atoms with Crippen LogP contribution in [-0.2, 0) is 16.7 Å². The van der Waals surface area contributed by atoms with E-state index in [1.165, 1.54) is 6.07 Å². The lowest BCUT2D eigenvalue weighted by Crippen LogP contribution is -2.52. The topological polar surface area (TPSA) is 54.5 Å². The fourth-order valence-electron chi connectivity index (χ4n) is 5.11. The van der Waals surface area contributed by atoms with Gasteiger partial charge in [-0.1, -0.05) is 24.3 Å². The van der Waals surface area contributed by atoms with Crippen LogP contribution in [0.3, 0.4) is 0 Å². The van der Waals surface area contributed by atoms with Gasteiger partial charge in [0.15, 0.2) is 5.13 Å². The molecule has 1 N–H and O–H groups in total. The molecule has 1 aliphatic heterocycles. The van der Waals surface area contributed by atoms with Crippen LogP contribution in [0.15, 0.2) is 60.8 Å². The van der Waals surface area contributed by atoms with E-state index in [-0.39, 0.29) is 30.9 Å². The van der Waals surface area contributed by atoms with E-state index in [0.717, 1.165) is 22.6 Å². The number of hydrogen-bond acceptors (Lipinski definition) is 5. The van der Waals surface area contributed by atoms with Crippen molar-refractivity contribution in [3.05, 3.63) is 82.1 Å². The van der Waals surface area contributed by atoms with Crippen molar-refractivity contribution in [3.63, 3.8) is 0 Å². The summed E-state index contributed by atoms with van der Waals surface area (Å²) in [5.74, 6) is 0. The van der Waals surface area contributed by atoms with Gasteiger partial charge >= 0.3 is 12.3 Å². The van der Waals surface area contributed by atoms with Crippen molar-refractivity contribution in [2.75, 3.05) is 18.4 Å². The lowest BCUT2D eigenvalue weighted by Gasteiger charge is -2.41. The highest BCUT2D eigenvalue weighted by Crippen LogP contribution is 2.49. The zero-order chi connectivity index (χ0) is 27.6. The largest absolute Gasteiger partial charge is 0.436 e. The van der Waals surface area contributed by atoms with Gasteiger partial charge in [-0.3, -0.25) is 15.2 Å². The number of nitrogens with zero attached hydrogens (tertiary/aromatic N) is 2. The number of hydrogen-bond donors (Lipinski definition) is 1. The van der Waals surface area contributed by atoms with E-state index in [9.17, 15) is 22.4 Å². The molecule has 1 saturated heterocycles. The van der Waals surface area contributed by atoms with E-state index < -0.39 is 29.3 Å². The molecule has 1 fully saturated rings. The van der Waals surface area contributed by atoms with Crippen molar-refractivity contribution < 1.29 is 27.1 Å². The molecule has 0 spiro atoms. The van der Waals surface area contributed by atoms with Crippen molar-refractivity contribution in [2.24, 2.45) is 5.41 Å². The normalized spacial score (nSPS) is 19.3. The number of amides is 1. The van der Waals surface area contributed by atoms with Crippen molar-refractivity contribution >= 4 is 23.1 Å². The van der Waals surface area contributed by atoms with Gasteiger partial charge in [0.05, 0.1) is 0 Å². The Hall–Kier alpha value is -2.98. The van der Waals surface area contributed by atoms with Crippen molar-refractivity contribution in [2.45, 2.75) is 57.9 Å². The summed E-state index contributed by atoms with van der Waals surface area (Å²) in [6, 6.07) is 14.9. The van der Waals surface area contributed by atoms with E-state index in [4.69, 9.17) is 4.74 Å². The van der Waals surface area contributed by atoms with Gasteiger partial charge in [0.1, 0.15) is 0 Å². The number of aryl methyl sites for hydroxylation is 2. The number of carbonyl (C=O) groups is 1. The smallest absolute Gasteiger partial charge is 0.426 e. The van der Waals surface area contributed by atoms with Crippen molar-refractivity contribution in [1.29, 1.82) is 0 Å². The monoisotopic (exact) mass is 549 g/mol. The fraction of sp³-hybridized carbons (Fsp3) is 0.429. The molecule has 1 amide bonds. The molecule has 204 valence electrons. The number of likely N-dealkylation sites (tertiary alicyclic amines) is 1. The lowest BCUT2D eigenvalue weighted by atomic mass is 9.76. The molecule has 4 rings (SSSR count). The average molecular weight is 550 g/mol. The van der Waals surface area contributed by atoms with Crippen LogP contribution in [0.4, 0.5) is 28.0 Å². The molecule has 0 saturated carbocycles. The maximum Gasteiger partial charge on any atom is 0.426 e. The summed E-state index contributed by atoms with van der Waals surface area (Å²) in [5.41, 5.74) is 0.0220. The molecule has 1 aromatic carbocycles. The molecular formula is C28H31F4N3O2S. The van der Waals surface area contributed by atoms with Gasteiger partial charge in [0.25, 0.3) is 0 Å². The standard InChI is InChI=1S/C28H31F4N3O2S/c1-19-9-10-20(17-33-19)26(2,3)35-16-15-27(18-35,14-13-22-11-12-23(29)38-22)24(28(30,31)32)37-25(36)34-21-7-5-4-6-8-21/h4-12,17,24H,13-16,18H2,1-3H3,(H,34,36)/t24-,27+/m0/s1. The minimum absolute atomic E-state index is 0.0462. The zero-order valence-corrected chi connectivity index (χ0v) is 22.3. The van der Waals surface area contributed by atoms with E-state index >= 15 is 0 Å². The van der Waals surface area contributed by atoms with E-state index in [1.54, 1.807) is 42.6 Å². The molecule has 2 atom stereocenters. The molecule has 0 radical (unpaired) electrons. The SMILES string of the molecule is Cc1ccc(C(C)(C)N2CC[C@@](CCc3ccc(F)s3)([C@H](OC(=O)Nc3ccccc3)C(F)(F)F)C2)cn1. The third-order valence-electron chi connectivity index (χ3n) is 7.39. The maximum atomic E-state index is 14.6. The summed E-state index contributed by atoms with van der Waals surface area (Å²) in [7, 11) is 0. The van der Waals surface area contributed by atoms with Crippen LogP contribution in [0.2, 0.25) is 0 Å². The molecule has 2 aromatic heterocycles. The summed E-state index contributed by atoms with van der Waals surface area (Å²) in [6.45, 7) is 6.20. The van der Waals surface area contributed by atoms with Crippen LogP contribution >= 0.6 is 11.3 Å². The van der Waals surface area contributed by atoms with Gasteiger partial charge in [0.2, 0.25) is 6.10 Å². The second kappa shape index (κ2) is 11.0. The Morgan fingerprint density at radius 3 is 2.50 bits per heavy atom. The fourth-order valence-corrected chi connectivity index (χ4v) is 5.83. The Morgan fingerprint density at radius 2 is 1.89 bits per heavy atom. The molecule has 10 heteroatoms. The van der Waals surface area contributed by atoms with Crippen molar-refractivity contribution in [1.82, 2.24) is 9.88 Å². The van der Waals surface area contributed by atoms with Gasteiger partial charge < -0.3 is 4.74 Å². The number of nitrogens with one attached hydrogen (secondary N) is 1. The third-order valence-corrected chi connectivity index (χ3v) is 8.32. The average Bonchev–Trinajstić information content (AvgIpc) is 3.49. The molecule has 5 nitrogen and oxygen atoms in total. The van der Waals surface area contributed by atoms with Gasteiger partial charge in [0, 0.05) is 40.0 Å². The van der Waals surface area contributed by atoms with Crippen LogP contribution in [0, 0.1) is 17.5 Å². The molecule has 3 aromatic rings. The highest BCUT2D eigenvalue weighted by atomic mass is 32.1. The summed E-state index contributed by atoms with van der Waals surface area (Å²) in [6.07, 6.45) is -6.10. The predicted molar refractivity (Wildman–Crippen MR) is 140 cm³/mol. The van der Waals surface area contributed by atoms with Crippen LogP contribution in [0.25, 0.3) is 0 Å². The van der Waals surface area contributed by atoms with Crippen LogP contribution in [-0.4, -0.2) is 41.3 Å². The summed E-state index contributed by atoms with van der Waals surface area (Å²) >= 11 is 0.919. The minimum atomic E-state index is -4.81. The van der Waals surface area contributed by atoms with Gasteiger partial charge in [-0.2, -0.15) is 17.6 Å². The number of carbonyl (C=O) groups excluding carboxylic acids is 1. The number of pyridine rings is 1. The molecule has 1 aliphatic rings. The maximum absolute atomic E-state index is 14.6. The highest BCUT2D eigenvalue weighted by molar-refractivity contribution is 7.10. The first-order valence-corrected chi connectivity index (χ1v) is 13.2. The Labute approximate surface area is 223 Å². The second-order valence-electron chi connectivity index (χ2n) is 10.3. The number of anilines is 1. The predicted octanol–water partition coefficient (Wildman–Crippen LogP) is 7.33. The van der Waals surface area contributed by atoms with Gasteiger partial charge in [-0.05, 0) is 82.5 Å². The Balaban J connectivity index is 1.63. The Morgan fingerprint density at radius 1 is 1.16 bits per heavy atom. The summed E-state index contributed by atoms with van der Waals surface area (Å²) in [4.78, 5) is 19.7. The van der Waals surface area contributed by atoms with Crippen LogP contribution in [0.5, 0.6) is 0 Å². The van der Waals surface area contributed by atoms with Crippen molar-refractivity contribution in [3.8, 4) is 0 Å². The summed E-state index contributed by atoms with van der Waals surface area (Å²) < 4.78 is 62.8. The zero-order valence-electron chi connectivity index (χ0n) is 21.5. The number of para-hydroxylation sites is 1. The van der Waals surface area contributed by atoms with Gasteiger partial charge in [-0.15, -0.1) is 11.3 Å².